The van der Waals surface area contributed by atoms with Crippen LogP contribution in [0.3, 0.4) is 0 Å². The Morgan fingerprint density at radius 3 is 1.19 bits per heavy atom. The van der Waals surface area contributed by atoms with Crippen LogP contribution in [-0.4, -0.2) is 270 Å². The summed E-state index contributed by atoms with van der Waals surface area (Å²) in [5.74, 6) is 0. The van der Waals surface area contributed by atoms with E-state index < -0.39 is 31.1 Å². The molecule has 10 rings (SSSR count). The van der Waals surface area contributed by atoms with Gasteiger partial charge in [0.15, 0.2) is 12.3 Å². The summed E-state index contributed by atoms with van der Waals surface area (Å²) >= 11 is 7.25. The van der Waals surface area contributed by atoms with Crippen LogP contribution >= 0.6 is 11.6 Å². The number of anilines is 3. The average molecular weight is 1870 g/mol. The van der Waals surface area contributed by atoms with E-state index >= 15 is 0 Å². The molecule has 2 N–H and O–H groups in total. The van der Waals surface area contributed by atoms with Crippen molar-refractivity contribution >= 4 is 66.0 Å². The number of hydrogen-bond acceptors (Lipinski definition) is 23. The minimum absolute atomic E-state index is 0. The maximum absolute atomic E-state index is 12.2. The zero-order valence-electron chi connectivity index (χ0n) is 80.4. The molecule has 1 saturated carbocycles. The molecule has 0 spiro atoms. The maximum Gasteiger partial charge on any atom is 1.00 e. The van der Waals surface area contributed by atoms with Crippen molar-refractivity contribution < 1.29 is 161 Å². The second kappa shape index (κ2) is 55.9. The summed E-state index contributed by atoms with van der Waals surface area (Å²) in [7, 11) is -0.600. The summed E-state index contributed by atoms with van der Waals surface area (Å²) in [5, 5.41) is 18.8. The predicted octanol–water partition coefficient (Wildman–Crippen LogP) is 9.08. The van der Waals surface area contributed by atoms with Crippen LogP contribution in [0, 0.1) is 13.8 Å². The van der Waals surface area contributed by atoms with Gasteiger partial charge in [-0.3, -0.25) is 0 Å². The van der Waals surface area contributed by atoms with Crippen LogP contribution in [0.1, 0.15) is 160 Å². The van der Waals surface area contributed by atoms with E-state index in [1.807, 2.05) is 13.8 Å². The van der Waals surface area contributed by atoms with Gasteiger partial charge in [-0.2, -0.15) is 4.58 Å². The number of rotatable bonds is 49. The van der Waals surface area contributed by atoms with E-state index in [1.54, 1.807) is 40.6 Å². The molecule has 4 heterocycles. The van der Waals surface area contributed by atoms with Crippen molar-refractivity contribution in [2.45, 2.75) is 172 Å². The summed E-state index contributed by atoms with van der Waals surface area (Å²) < 4.78 is 144. The molecule has 4 aliphatic heterocycles. The number of halogens is 1. The van der Waals surface area contributed by atoms with E-state index in [0.29, 0.717) is 178 Å². The van der Waals surface area contributed by atoms with Crippen molar-refractivity contribution in [1.82, 2.24) is 0 Å². The Bertz CT molecular complexity index is 4820. The summed E-state index contributed by atoms with van der Waals surface area (Å²) in [4.78, 5) is 6.45. The molecule has 0 amide bonds. The molecule has 0 saturated heterocycles. The van der Waals surface area contributed by atoms with Gasteiger partial charge < -0.3 is 90.9 Å². The molecule has 4 aromatic rings. The predicted molar refractivity (Wildman–Crippen MR) is 502 cm³/mol. The Morgan fingerprint density at radius 2 is 0.798 bits per heavy atom. The number of unbranched alkanes of at least 4 members (excludes halogenated alkanes) is 2. The molecule has 25 nitrogen and oxygen atoms in total. The molecule has 704 valence electrons. The van der Waals surface area contributed by atoms with Gasteiger partial charge in [-0.05, 0) is 161 Å². The van der Waals surface area contributed by atoms with Gasteiger partial charge in [-0.15, -0.1) is 0 Å². The molecule has 0 radical (unpaired) electrons. The number of ether oxygens (including phenoxy) is 12. The normalized spacial score (nSPS) is 18.9. The number of aliphatic hydroxyl groups is 2. The number of allylic oxidation sites excluding steroid dienone is 16. The number of benzene rings is 4. The fourth-order valence-electron chi connectivity index (χ4n) is 17.1. The Kier molecular flexibility index (Phi) is 48.9. The molecular weight excluding hydrogens is 1720 g/mol. The second-order valence-electron chi connectivity index (χ2n) is 34.6. The summed E-state index contributed by atoms with van der Waals surface area (Å²) in [6.07, 6.45) is 26.8. The first-order valence-electron chi connectivity index (χ1n) is 44.9. The number of hydrogen-bond donors (Lipinski definition) is 2. The standard InChI is InChI=1S/C49H71N3O10S.C45H61ClN2O9S.C5H12O.2Na/c1-37-13-17-43-41(35-37)48(2,3)45(51(43)22-25-59-31-33-61-29-27-57-7)19-14-38-11-9-12-39(47(38)50(6)21-10-24-53)15-20-46-49(4,5)42-36-40(63(54,55)56)16-18-44(42)52(46)23-26-60-32-34-62-30-28-58-8;1-33-11-15-39-37(31-33)44(2,3)41(47(39)19-21-54-27-29-56-25-23-52-6)17-12-34-9-8-10-35(43(34)46)13-18-42-45(4,5)38-32-36(58(49,50)51)14-16-40(38)48(42)20-22-55-28-30-57-26-24-53-7;1-2-3-4-5-6;;/h13-20,35-36,53H,9-12,21-34H2,1-8H3;11-18,31-32H,8-10,19-30H2,1-7H3;6H,2-5H2,1H3;;/q;;;2*+1. The van der Waals surface area contributed by atoms with Crippen LogP contribution in [0.4, 0.5) is 22.7 Å². The Balaban J connectivity index is 0.000000369. The Hall–Kier alpha value is -4.91. The van der Waals surface area contributed by atoms with Crippen LogP contribution in [0.5, 0.6) is 0 Å². The maximum atomic E-state index is 12.2. The van der Waals surface area contributed by atoms with Gasteiger partial charge in [0.05, 0.1) is 141 Å². The largest absolute Gasteiger partial charge is 1.00 e. The zero-order chi connectivity index (χ0) is 92.4. The summed E-state index contributed by atoms with van der Waals surface area (Å²) in [6.45, 7) is 37.3. The molecule has 4 aromatic carbocycles. The third-order valence-corrected chi connectivity index (χ3v) is 26.1. The zero-order valence-corrected chi connectivity index (χ0v) is 86.8. The van der Waals surface area contributed by atoms with E-state index in [1.165, 1.54) is 86.9 Å². The molecule has 129 heavy (non-hydrogen) atoms. The molecular formula is C99H144ClN5Na2O20S2+2. The topological polar surface area (TPSA) is 281 Å². The van der Waals surface area contributed by atoms with Crippen LogP contribution in [0.15, 0.2) is 176 Å². The third-order valence-electron chi connectivity index (χ3n) is 24.0. The van der Waals surface area contributed by atoms with Gasteiger partial charge in [-0.1, -0.05) is 133 Å². The minimum Gasteiger partial charge on any atom is -0.744 e. The van der Waals surface area contributed by atoms with Crippen molar-refractivity contribution in [3.05, 3.63) is 199 Å². The molecule has 1 fully saturated rings. The van der Waals surface area contributed by atoms with E-state index in [-0.39, 0.29) is 86.3 Å². The van der Waals surface area contributed by atoms with Crippen LogP contribution in [0.25, 0.3) is 0 Å². The third kappa shape index (κ3) is 31.8. The number of aliphatic hydroxyl groups excluding tert-OH is 2. The van der Waals surface area contributed by atoms with Gasteiger partial charge in [0.2, 0.25) is 11.4 Å². The van der Waals surface area contributed by atoms with Crippen molar-refractivity contribution in [3.8, 4) is 0 Å². The van der Waals surface area contributed by atoms with Crippen molar-refractivity contribution in [2.75, 3.05) is 228 Å². The number of aryl methyl sites for hydroxylation is 2. The SMILES string of the molecule is CCCCCO.COCCOCCOCCN1C(=CC=C2CCC/C(=C\C=C3\N(CCOCCOCCOC)c4ccc(S(=O)(=O)[O-])cc4C3(C)C)C2=[N+](C)CCCO)C(C)(C)c2cc(C)ccc21.COCCOCCOCCN1C(=CC=C2CCCC(C=CC3=[N+](CCOCCOCCOC)c4ccc(S(=O)(=O)[O-])cc4C3(C)C)=C2Cl)C(C)(C)c2cc(C)ccc21.[Na+].[Na+]. The van der Waals surface area contributed by atoms with E-state index in [9.17, 15) is 31.0 Å². The molecule has 0 aromatic heterocycles. The van der Waals surface area contributed by atoms with Gasteiger partial charge in [0.25, 0.3) is 0 Å². The van der Waals surface area contributed by atoms with E-state index in [2.05, 4.69) is 178 Å². The molecule has 0 bridgehead atoms. The number of nitrogens with zero attached hydrogens (tertiary/aromatic N) is 5. The molecule has 30 heteroatoms. The molecule has 0 unspecified atom stereocenters. The van der Waals surface area contributed by atoms with Gasteiger partial charge >= 0.3 is 59.1 Å². The van der Waals surface area contributed by atoms with Crippen molar-refractivity contribution in [1.29, 1.82) is 0 Å². The fourth-order valence-corrected chi connectivity index (χ4v) is 18.4. The van der Waals surface area contributed by atoms with Crippen molar-refractivity contribution in [2.24, 2.45) is 0 Å². The summed E-state index contributed by atoms with van der Waals surface area (Å²) in [6, 6.07) is 22.6. The fraction of sp³-hybridized carbons (Fsp3) is 0.576. The van der Waals surface area contributed by atoms with Gasteiger partial charge in [0, 0.05) is 152 Å². The first-order chi connectivity index (χ1) is 60.8. The number of fused-ring (bicyclic) bond motifs is 4. The van der Waals surface area contributed by atoms with Crippen molar-refractivity contribution in [3.63, 3.8) is 0 Å². The van der Waals surface area contributed by atoms with Gasteiger partial charge in [0.1, 0.15) is 40.4 Å². The summed E-state index contributed by atoms with van der Waals surface area (Å²) in [5.41, 5.74) is 18.9. The Morgan fingerprint density at radius 1 is 0.442 bits per heavy atom. The average Bonchev–Trinajstić information content (AvgIpc) is 1.63. The first-order valence-corrected chi connectivity index (χ1v) is 48.1. The van der Waals surface area contributed by atoms with E-state index in [4.69, 9.17) is 73.5 Å². The number of methoxy groups -OCH3 is 4. The first kappa shape index (κ1) is 113. The van der Waals surface area contributed by atoms with Crippen LogP contribution < -0.4 is 73.8 Å². The quantitative estimate of drug-likeness (QED) is 0.0180. The molecule has 2 aliphatic carbocycles. The monoisotopic (exact) mass is 1870 g/mol. The smallest absolute Gasteiger partial charge is 0.744 e. The second-order valence-corrected chi connectivity index (χ2v) is 37.7. The van der Waals surface area contributed by atoms with Crippen LogP contribution in [-0.2, 0) is 98.7 Å². The Labute approximate surface area is 819 Å². The minimum atomic E-state index is -4.66. The van der Waals surface area contributed by atoms with E-state index in [0.717, 1.165) is 107 Å². The van der Waals surface area contributed by atoms with Crippen LogP contribution in [0.2, 0.25) is 0 Å². The molecule has 6 aliphatic rings. The van der Waals surface area contributed by atoms with Gasteiger partial charge in [-0.25, -0.2) is 21.4 Å². The molecule has 0 atom stereocenters.